The molecule has 0 fully saturated rings. The molecule has 0 aliphatic carbocycles. The molecule has 0 bridgehead atoms. The molecular formula is C7H16N2O5S. The zero-order valence-corrected chi connectivity index (χ0v) is 9.41. The monoisotopic (exact) mass is 240 g/mol. The smallest absolute Gasteiger partial charge is 0.333 e. The molecule has 0 aromatic heterocycles. The first kappa shape index (κ1) is 14.3. The molecule has 0 unspecified atom stereocenters. The molecule has 7 nitrogen and oxygen atoms in total. The Morgan fingerprint density at radius 2 is 1.73 bits per heavy atom. The van der Waals surface area contributed by atoms with Crippen LogP contribution in [0.15, 0.2) is 0 Å². The van der Waals surface area contributed by atoms with Gasteiger partial charge in [-0.15, -0.1) is 0 Å². The highest BCUT2D eigenvalue weighted by Crippen LogP contribution is 1.89. The number of aliphatic hydroxyl groups excluding tert-OH is 1. The van der Waals surface area contributed by atoms with Gasteiger partial charge in [-0.1, -0.05) is 13.8 Å². The third-order valence-corrected chi connectivity index (χ3v) is 2.53. The zero-order valence-electron chi connectivity index (χ0n) is 8.60. The molecule has 0 aliphatic rings. The summed E-state index contributed by atoms with van der Waals surface area (Å²) >= 11 is 0. The first-order valence-corrected chi connectivity index (χ1v) is 5.88. The third-order valence-electron chi connectivity index (χ3n) is 1.43. The number of carboxylic acid groups (broad SMARTS) is 1. The Labute approximate surface area is 88.7 Å². The SMILES string of the molecule is CC(C)CNS(=O)(=O)NC[C@H](O)C(=O)O. The Kier molecular flexibility index (Phi) is 5.73. The molecule has 90 valence electrons. The van der Waals surface area contributed by atoms with Crippen molar-refractivity contribution in [3.05, 3.63) is 0 Å². The molecule has 0 radical (unpaired) electrons. The maximum atomic E-state index is 11.1. The van der Waals surface area contributed by atoms with Crippen LogP contribution < -0.4 is 9.44 Å². The van der Waals surface area contributed by atoms with Crippen molar-refractivity contribution < 1.29 is 23.4 Å². The van der Waals surface area contributed by atoms with Crippen LogP contribution in [0, 0.1) is 5.92 Å². The van der Waals surface area contributed by atoms with Crippen LogP contribution >= 0.6 is 0 Å². The molecule has 0 aromatic carbocycles. The molecular weight excluding hydrogens is 224 g/mol. The van der Waals surface area contributed by atoms with Crippen LogP contribution in [0.5, 0.6) is 0 Å². The van der Waals surface area contributed by atoms with Crippen LogP contribution in [0.4, 0.5) is 0 Å². The Morgan fingerprint density at radius 1 is 1.27 bits per heavy atom. The van der Waals surface area contributed by atoms with Crippen molar-refractivity contribution in [1.29, 1.82) is 0 Å². The Hall–Kier alpha value is -0.700. The lowest BCUT2D eigenvalue weighted by Gasteiger charge is -2.11. The zero-order chi connectivity index (χ0) is 12.1. The lowest BCUT2D eigenvalue weighted by Crippen LogP contribution is -2.43. The van der Waals surface area contributed by atoms with E-state index >= 15 is 0 Å². The van der Waals surface area contributed by atoms with Gasteiger partial charge in [0.2, 0.25) is 0 Å². The summed E-state index contributed by atoms with van der Waals surface area (Å²) in [7, 11) is -3.73. The highest BCUT2D eigenvalue weighted by molar-refractivity contribution is 7.87. The van der Waals surface area contributed by atoms with E-state index in [1.165, 1.54) is 0 Å². The summed E-state index contributed by atoms with van der Waals surface area (Å²) in [4.78, 5) is 10.2. The van der Waals surface area contributed by atoms with E-state index in [1.54, 1.807) is 0 Å². The van der Waals surface area contributed by atoms with E-state index in [1.807, 2.05) is 18.6 Å². The molecule has 0 saturated heterocycles. The topological polar surface area (TPSA) is 116 Å². The van der Waals surface area contributed by atoms with E-state index in [2.05, 4.69) is 4.72 Å². The van der Waals surface area contributed by atoms with Gasteiger partial charge >= 0.3 is 5.97 Å². The quantitative estimate of drug-likeness (QED) is 0.433. The summed E-state index contributed by atoms with van der Waals surface area (Å²) in [6.07, 6.45) is -1.74. The van der Waals surface area contributed by atoms with Crippen molar-refractivity contribution in [3.63, 3.8) is 0 Å². The van der Waals surface area contributed by atoms with Crippen LogP contribution in [0.3, 0.4) is 0 Å². The fraction of sp³-hybridized carbons (Fsp3) is 0.857. The van der Waals surface area contributed by atoms with Crippen molar-refractivity contribution in [2.45, 2.75) is 20.0 Å². The fourth-order valence-corrected chi connectivity index (χ4v) is 1.64. The van der Waals surface area contributed by atoms with Gasteiger partial charge < -0.3 is 10.2 Å². The van der Waals surface area contributed by atoms with Crippen LogP contribution in [-0.4, -0.2) is 43.8 Å². The molecule has 4 N–H and O–H groups in total. The maximum absolute atomic E-state index is 11.1. The Morgan fingerprint density at radius 3 is 2.13 bits per heavy atom. The molecule has 15 heavy (non-hydrogen) atoms. The van der Waals surface area contributed by atoms with E-state index in [0.29, 0.717) is 0 Å². The van der Waals surface area contributed by atoms with Gasteiger partial charge in [-0.3, -0.25) is 0 Å². The molecule has 0 aliphatic heterocycles. The molecule has 0 rings (SSSR count). The molecule has 0 spiro atoms. The van der Waals surface area contributed by atoms with Gasteiger partial charge in [-0.05, 0) is 5.92 Å². The number of carboxylic acids is 1. The van der Waals surface area contributed by atoms with E-state index in [-0.39, 0.29) is 12.5 Å². The second kappa shape index (κ2) is 6.01. The van der Waals surface area contributed by atoms with E-state index in [0.717, 1.165) is 0 Å². The minimum absolute atomic E-state index is 0.144. The predicted octanol–water partition coefficient (Wildman–Crippen LogP) is -1.49. The molecule has 0 amide bonds. The molecule has 1 atom stereocenters. The van der Waals surface area contributed by atoms with Gasteiger partial charge in [-0.25, -0.2) is 9.52 Å². The summed E-state index contributed by atoms with van der Waals surface area (Å²) in [5, 5.41) is 17.1. The lowest BCUT2D eigenvalue weighted by atomic mass is 10.2. The molecule has 0 aromatic rings. The van der Waals surface area contributed by atoms with Crippen molar-refractivity contribution >= 4 is 16.2 Å². The third kappa shape index (κ3) is 7.25. The lowest BCUT2D eigenvalue weighted by molar-refractivity contribution is -0.146. The van der Waals surface area contributed by atoms with E-state index < -0.39 is 28.8 Å². The summed E-state index contributed by atoms with van der Waals surface area (Å²) in [5.74, 6) is -1.33. The standard InChI is InChI=1S/C7H16N2O5S/c1-5(2)3-8-15(13,14)9-4-6(10)7(11)12/h5-6,8-10H,3-4H2,1-2H3,(H,11,12)/t6-/m0/s1. The van der Waals surface area contributed by atoms with Crippen LogP contribution in [0.1, 0.15) is 13.8 Å². The van der Waals surface area contributed by atoms with Gasteiger partial charge in [0.1, 0.15) is 0 Å². The van der Waals surface area contributed by atoms with E-state index in [9.17, 15) is 13.2 Å². The average Bonchev–Trinajstić information content (AvgIpc) is 2.11. The van der Waals surface area contributed by atoms with Gasteiger partial charge in [0.25, 0.3) is 10.2 Å². The normalized spacial score (nSPS) is 14.1. The highest BCUT2D eigenvalue weighted by atomic mass is 32.2. The number of hydrogen-bond acceptors (Lipinski definition) is 4. The van der Waals surface area contributed by atoms with Crippen molar-refractivity contribution in [2.24, 2.45) is 5.92 Å². The predicted molar refractivity (Wildman–Crippen MR) is 53.4 cm³/mol. The molecule has 8 heteroatoms. The molecule has 0 heterocycles. The highest BCUT2D eigenvalue weighted by Gasteiger charge is 2.17. The first-order valence-electron chi connectivity index (χ1n) is 4.39. The van der Waals surface area contributed by atoms with Crippen molar-refractivity contribution in [1.82, 2.24) is 9.44 Å². The maximum Gasteiger partial charge on any atom is 0.333 e. The number of aliphatic hydroxyl groups is 1. The second-order valence-corrected chi connectivity index (χ2v) is 5.03. The van der Waals surface area contributed by atoms with Gasteiger partial charge in [0, 0.05) is 13.1 Å². The summed E-state index contributed by atoms with van der Waals surface area (Å²) in [6.45, 7) is 3.35. The van der Waals surface area contributed by atoms with Gasteiger partial charge in [0.15, 0.2) is 6.10 Å². The summed E-state index contributed by atoms with van der Waals surface area (Å²) < 4.78 is 26.4. The number of hydrogen-bond donors (Lipinski definition) is 4. The fourth-order valence-electron chi connectivity index (χ4n) is 0.603. The first-order chi connectivity index (χ1) is 6.74. The van der Waals surface area contributed by atoms with Crippen LogP contribution in [-0.2, 0) is 15.0 Å². The van der Waals surface area contributed by atoms with Gasteiger partial charge in [0.05, 0.1) is 0 Å². The number of nitrogens with one attached hydrogen (secondary N) is 2. The number of aliphatic carboxylic acids is 1. The minimum atomic E-state index is -3.73. The largest absolute Gasteiger partial charge is 0.479 e. The van der Waals surface area contributed by atoms with Crippen molar-refractivity contribution in [3.8, 4) is 0 Å². The van der Waals surface area contributed by atoms with Crippen LogP contribution in [0.25, 0.3) is 0 Å². The van der Waals surface area contributed by atoms with E-state index in [4.69, 9.17) is 10.2 Å². The Balaban J connectivity index is 4.00. The minimum Gasteiger partial charge on any atom is -0.479 e. The Bertz CT molecular complexity index is 301. The summed E-state index contributed by atoms with van der Waals surface area (Å²) in [5.41, 5.74) is 0. The van der Waals surface area contributed by atoms with Crippen LogP contribution in [0.2, 0.25) is 0 Å². The average molecular weight is 240 g/mol. The second-order valence-electron chi connectivity index (χ2n) is 3.45. The van der Waals surface area contributed by atoms with Crippen molar-refractivity contribution in [2.75, 3.05) is 13.1 Å². The molecule has 0 saturated carbocycles. The van der Waals surface area contributed by atoms with Gasteiger partial charge in [-0.2, -0.15) is 13.1 Å². The number of rotatable bonds is 7. The summed E-state index contributed by atoms with van der Waals surface area (Å²) in [6, 6.07) is 0. The number of carbonyl (C=O) groups is 1.